The lowest BCUT2D eigenvalue weighted by Gasteiger charge is -2.25. The summed E-state index contributed by atoms with van der Waals surface area (Å²) in [7, 11) is 1.75. The largest absolute Gasteiger partial charge is 0.459 e. The number of carbonyl (C=O) groups excluding carboxylic acids is 1. The monoisotopic (exact) mass is 487 g/mol. The highest BCUT2D eigenvalue weighted by Gasteiger charge is 2.20. The molecule has 3 rings (SSSR count). The maximum atomic E-state index is 11.9. The minimum Gasteiger partial charge on any atom is -0.459 e. The summed E-state index contributed by atoms with van der Waals surface area (Å²) in [6, 6.07) is 2.05. The van der Waals surface area contributed by atoms with Crippen LogP contribution in [0.25, 0.3) is 0 Å². The van der Waals surface area contributed by atoms with Crippen molar-refractivity contribution in [3.05, 3.63) is 35.8 Å². The van der Waals surface area contributed by atoms with E-state index in [1.165, 1.54) is 6.26 Å². The molecule has 10 heteroatoms. The standard InChI is InChI=1S/C17H25N7O2.HI/c1-12-6-9-26-15(12)16(25)19-7-3-8-20-17(18-2)23-13-4-5-14-21-11-22-24(14)10-13;/h6,9,11,13H,3-5,7-8,10H2,1-2H3,(H,19,25)(H2,18,20,23);1H. The zero-order valence-corrected chi connectivity index (χ0v) is 17.9. The minimum absolute atomic E-state index is 0. The van der Waals surface area contributed by atoms with Gasteiger partial charge in [-0.05, 0) is 25.8 Å². The zero-order chi connectivity index (χ0) is 18.4. The van der Waals surface area contributed by atoms with Crippen LogP contribution in [-0.2, 0) is 13.0 Å². The van der Waals surface area contributed by atoms with Gasteiger partial charge in [-0.3, -0.25) is 9.79 Å². The Bertz CT molecular complexity index is 771. The second kappa shape index (κ2) is 10.3. The summed E-state index contributed by atoms with van der Waals surface area (Å²) in [6.07, 6.45) is 5.81. The number of amides is 1. The number of nitrogens with one attached hydrogen (secondary N) is 3. The predicted molar refractivity (Wildman–Crippen MR) is 112 cm³/mol. The molecule has 1 aliphatic heterocycles. The molecule has 1 unspecified atom stereocenters. The maximum absolute atomic E-state index is 11.9. The molecular weight excluding hydrogens is 461 g/mol. The Hall–Kier alpha value is -2.11. The van der Waals surface area contributed by atoms with Gasteiger partial charge in [-0.1, -0.05) is 0 Å². The van der Waals surface area contributed by atoms with E-state index in [0.717, 1.165) is 43.2 Å². The number of hydrogen-bond donors (Lipinski definition) is 3. The molecule has 0 saturated heterocycles. The van der Waals surface area contributed by atoms with Crippen molar-refractivity contribution in [2.24, 2.45) is 4.99 Å². The third-order valence-corrected chi connectivity index (χ3v) is 4.37. The van der Waals surface area contributed by atoms with Gasteiger partial charge in [-0.15, -0.1) is 24.0 Å². The predicted octanol–water partition coefficient (Wildman–Crippen LogP) is 1.10. The lowest BCUT2D eigenvalue weighted by molar-refractivity contribution is 0.0925. The van der Waals surface area contributed by atoms with Crippen LogP contribution in [0.4, 0.5) is 0 Å². The van der Waals surface area contributed by atoms with Crippen molar-refractivity contribution in [2.45, 2.75) is 38.8 Å². The molecule has 0 aromatic carbocycles. The number of fused-ring (bicyclic) bond motifs is 1. The van der Waals surface area contributed by atoms with E-state index in [4.69, 9.17) is 4.42 Å². The number of guanidine groups is 1. The fourth-order valence-electron chi connectivity index (χ4n) is 2.93. The Labute approximate surface area is 175 Å². The summed E-state index contributed by atoms with van der Waals surface area (Å²) in [5, 5.41) is 13.8. The van der Waals surface area contributed by atoms with E-state index in [-0.39, 0.29) is 35.9 Å². The fraction of sp³-hybridized carbons (Fsp3) is 0.529. The van der Waals surface area contributed by atoms with Crippen molar-refractivity contribution in [1.29, 1.82) is 0 Å². The van der Waals surface area contributed by atoms with Gasteiger partial charge in [0, 0.05) is 38.2 Å². The van der Waals surface area contributed by atoms with E-state index in [9.17, 15) is 4.79 Å². The molecule has 27 heavy (non-hydrogen) atoms. The molecule has 0 aliphatic carbocycles. The van der Waals surface area contributed by atoms with Crippen LogP contribution >= 0.6 is 24.0 Å². The average Bonchev–Trinajstić information content (AvgIpc) is 3.28. The highest BCUT2D eigenvalue weighted by atomic mass is 127. The van der Waals surface area contributed by atoms with Gasteiger partial charge >= 0.3 is 0 Å². The van der Waals surface area contributed by atoms with Crippen molar-refractivity contribution in [1.82, 2.24) is 30.7 Å². The number of aryl methyl sites for hydroxylation is 2. The van der Waals surface area contributed by atoms with Gasteiger partial charge in [-0.2, -0.15) is 5.10 Å². The third kappa shape index (κ3) is 5.68. The summed E-state index contributed by atoms with van der Waals surface area (Å²) in [5.74, 6) is 1.99. The van der Waals surface area contributed by atoms with Crippen LogP contribution in [0.3, 0.4) is 0 Å². The van der Waals surface area contributed by atoms with Gasteiger partial charge in [0.15, 0.2) is 11.7 Å². The van der Waals surface area contributed by atoms with Crippen LogP contribution in [0.15, 0.2) is 28.1 Å². The van der Waals surface area contributed by atoms with Crippen LogP contribution < -0.4 is 16.0 Å². The molecule has 9 nitrogen and oxygen atoms in total. The SMILES string of the molecule is CN=C(NCCCNC(=O)c1occc1C)NC1CCc2ncnn2C1.I. The lowest BCUT2D eigenvalue weighted by Crippen LogP contribution is -2.47. The smallest absolute Gasteiger partial charge is 0.287 e. The van der Waals surface area contributed by atoms with Crippen molar-refractivity contribution in [3.63, 3.8) is 0 Å². The fourth-order valence-corrected chi connectivity index (χ4v) is 2.93. The van der Waals surface area contributed by atoms with Crippen LogP contribution in [0.1, 0.15) is 34.8 Å². The Morgan fingerprint density at radius 3 is 2.96 bits per heavy atom. The van der Waals surface area contributed by atoms with Crippen molar-refractivity contribution >= 4 is 35.8 Å². The highest BCUT2D eigenvalue weighted by Crippen LogP contribution is 2.11. The van der Waals surface area contributed by atoms with E-state index in [1.807, 2.05) is 11.6 Å². The average molecular weight is 487 g/mol. The molecule has 1 aliphatic rings. The van der Waals surface area contributed by atoms with Gasteiger partial charge in [0.1, 0.15) is 12.2 Å². The number of halogens is 1. The first-order valence-electron chi connectivity index (χ1n) is 8.83. The molecule has 0 fully saturated rings. The molecule has 148 valence electrons. The summed E-state index contributed by atoms with van der Waals surface area (Å²) >= 11 is 0. The van der Waals surface area contributed by atoms with E-state index in [2.05, 4.69) is 31.0 Å². The summed E-state index contributed by atoms with van der Waals surface area (Å²) < 4.78 is 7.11. The van der Waals surface area contributed by atoms with Gasteiger partial charge in [-0.25, -0.2) is 9.67 Å². The van der Waals surface area contributed by atoms with Crippen molar-refractivity contribution in [2.75, 3.05) is 20.1 Å². The number of aliphatic imine (C=N–C) groups is 1. The Kier molecular flexibility index (Phi) is 8.07. The molecule has 0 spiro atoms. The Balaban J connectivity index is 0.00000261. The molecule has 0 radical (unpaired) electrons. The van der Waals surface area contributed by atoms with Crippen molar-refractivity contribution in [3.8, 4) is 0 Å². The third-order valence-electron chi connectivity index (χ3n) is 4.37. The molecule has 0 bridgehead atoms. The molecule has 1 atom stereocenters. The van der Waals surface area contributed by atoms with Crippen LogP contribution in [0, 0.1) is 6.92 Å². The van der Waals surface area contributed by atoms with Crippen LogP contribution in [0.2, 0.25) is 0 Å². The zero-order valence-electron chi connectivity index (χ0n) is 15.6. The van der Waals surface area contributed by atoms with Crippen molar-refractivity contribution < 1.29 is 9.21 Å². The van der Waals surface area contributed by atoms with Crippen LogP contribution in [0.5, 0.6) is 0 Å². The summed E-state index contributed by atoms with van der Waals surface area (Å²) in [5.41, 5.74) is 0.841. The number of rotatable bonds is 6. The lowest BCUT2D eigenvalue weighted by atomic mass is 10.1. The molecule has 3 N–H and O–H groups in total. The van der Waals surface area contributed by atoms with Crippen LogP contribution in [-0.4, -0.2) is 52.8 Å². The Morgan fingerprint density at radius 1 is 1.41 bits per heavy atom. The first-order valence-corrected chi connectivity index (χ1v) is 8.83. The number of aromatic nitrogens is 3. The van der Waals surface area contributed by atoms with E-state index < -0.39 is 0 Å². The normalized spacial score (nSPS) is 16.2. The first kappa shape index (κ1) is 21.2. The summed E-state index contributed by atoms with van der Waals surface area (Å²) in [4.78, 5) is 20.4. The minimum atomic E-state index is -0.180. The van der Waals surface area contributed by atoms with E-state index >= 15 is 0 Å². The van der Waals surface area contributed by atoms with Gasteiger partial charge < -0.3 is 20.4 Å². The first-order chi connectivity index (χ1) is 12.7. The van der Waals surface area contributed by atoms with Gasteiger partial charge in [0.2, 0.25) is 0 Å². The molecule has 2 aromatic heterocycles. The quantitative estimate of drug-likeness (QED) is 0.244. The molecule has 2 aromatic rings. The van der Waals surface area contributed by atoms with E-state index in [0.29, 0.717) is 18.8 Å². The number of hydrogen-bond acceptors (Lipinski definition) is 5. The topological polar surface area (TPSA) is 109 Å². The number of furan rings is 1. The number of carbonyl (C=O) groups is 1. The van der Waals surface area contributed by atoms with E-state index in [1.54, 1.807) is 19.4 Å². The maximum Gasteiger partial charge on any atom is 0.287 e. The van der Waals surface area contributed by atoms with Gasteiger partial charge in [0.25, 0.3) is 5.91 Å². The summed E-state index contributed by atoms with van der Waals surface area (Å²) in [6.45, 7) is 3.91. The van der Waals surface area contributed by atoms with Gasteiger partial charge in [0.05, 0.1) is 12.8 Å². The number of nitrogens with zero attached hydrogens (tertiary/aromatic N) is 4. The molecule has 0 saturated carbocycles. The second-order valence-corrected chi connectivity index (χ2v) is 6.28. The Morgan fingerprint density at radius 2 is 2.22 bits per heavy atom. The second-order valence-electron chi connectivity index (χ2n) is 6.28. The molecule has 3 heterocycles. The molecule has 1 amide bonds. The molecular formula is C17H26IN7O2. The highest BCUT2D eigenvalue weighted by molar-refractivity contribution is 14.0.